The lowest BCUT2D eigenvalue weighted by Gasteiger charge is -2.10. The number of para-hydroxylation sites is 1. The molecule has 2 rings (SSSR count). The molecule has 156 valence electrons. The number of nitriles is 1. The largest absolute Gasteiger partial charge is 0.491 e. The maximum atomic E-state index is 12.1. The van der Waals surface area contributed by atoms with Crippen molar-refractivity contribution in [3.63, 3.8) is 0 Å². The summed E-state index contributed by atoms with van der Waals surface area (Å²) in [7, 11) is 0. The van der Waals surface area contributed by atoms with E-state index in [0.29, 0.717) is 22.6 Å². The summed E-state index contributed by atoms with van der Waals surface area (Å²) in [5, 5.41) is 14.1. The molecule has 0 fully saturated rings. The van der Waals surface area contributed by atoms with Gasteiger partial charge in [0.2, 0.25) is 5.91 Å². The van der Waals surface area contributed by atoms with Crippen LogP contribution in [-0.2, 0) is 14.3 Å². The Bertz CT molecular complexity index is 933. The van der Waals surface area contributed by atoms with E-state index in [1.165, 1.54) is 0 Å². The van der Waals surface area contributed by atoms with E-state index in [1.807, 2.05) is 19.9 Å². The van der Waals surface area contributed by atoms with Crippen LogP contribution in [0.4, 0.5) is 5.69 Å². The van der Waals surface area contributed by atoms with E-state index in [4.69, 9.17) is 14.7 Å². The number of carbonyl (C=O) groups is 3. The molecule has 8 nitrogen and oxygen atoms in total. The molecule has 2 aromatic rings. The third kappa shape index (κ3) is 7.28. The molecule has 0 heterocycles. The van der Waals surface area contributed by atoms with E-state index in [2.05, 4.69) is 10.6 Å². The number of rotatable bonds is 9. The van der Waals surface area contributed by atoms with Crippen molar-refractivity contribution in [2.75, 3.05) is 18.5 Å². The molecule has 0 radical (unpaired) electrons. The van der Waals surface area contributed by atoms with Gasteiger partial charge in [-0.2, -0.15) is 5.26 Å². The van der Waals surface area contributed by atoms with Gasteiger partial charge in [0.1, 0.15) is 25.0 Å². The first-order valence-electron chi connectivity index (χ1n) is 9.38. The van der Waals surface area contributed by atoms with Crippen molar-refractivity contribution in [2.45, 2.75) is 26.4 Å². The standard InChI is InChI=1S/C22H23N3O5/c1-15(2)30-18-9-7-16(8-10-18)22(28)24-14-21(27)29-12-11-20(26)25-19-6-4-3-5-17(19)13-23/h3-10,15H,11-12,14H2,1-2H3,(H,24,28)(H,25,26). The van der Waals surface area contributed by atoms with Gasteiger partial charge in [0.05, 0.1) is 23.8 Å². The van der Waals surface area contributed by atoms with Gasteiger partial charge in [-0.15, -0.1) is 0 Å². The summed E-state index contributed by atoms with van der Waals surface area (Å²) in [4.78, 5) is 35.8. The van der Waals surface area contributed by atoms with Crippen molar-refractivity contribution in [2.24, 2.45) is 0 Å². The molecule has 0 atom stereocenters. The Morgan fingerprint density at radius 1 is 1.07 bits per heavy atom. The molecule has 30 heavy (non-hydrogen) atoms. The lowest BCUT2D eigenvalue weighted by atomic mass is 10.2. The van der Waals surface area contributed by atoms with Crippen molar-refractivity contribution >= 4 is 23.5 Å². The third-order valence-electron chi connectivity index (χ3n) is 3.80. The average molecular weight is 409 g/mol. The first-order chi connectivity index (χ1) is 14.4. The van der Waals surface area contributed by atoms with Crippen LogP contribution in [0.3, 0.4) is 0 Å². The number of nitrogens with one attached hydrogen (secondary N) is 2. The number of carbonyl (C=O) groups excluding carboxylic acids is 3. The van der Waals surface area contributed by atoms with Crippen LogP contribution < -0.4 is 15.4 Å². The normalized spacial score (nSPS) is 10.1. The van der Waals surface area contributed by atoms with Gasteiger partial charge < -0.3 is 20.1 Å². The monoisotopic (exact) mass is 409 g/mol. The molecule has 0 aromatic heterocycles. The Morgan fingerprint density at radius 3 is 2.43 bits per heavy atom. The highest BCUT2D eigenvalue weighted by Gasteiger charge is 2.11. The summed E-state index contributed by atoms with van der Waals surface area (Å²) in [5.41, 5.74) is 1.12. The molecular weight excluding hydrogens is 386 g/mol. The minimum Gasteiger partial charge on any atom is -0.491 e. The van der Waals surface area contributed by atoms with Gasteiger partial charge in [0.25, 0.3) is 5.91 Å². The highest BCUT2D eigenvalue weighted by Crippen LogP contribution is 2.14. The van der Waals surface area contributed by atoms with Gasteiger partial charge >= 0.3 is 5.97 Å². The Balaban J connectivity index is 1.70. The molecule has 0 aliphatic carbocycles. The van der Waals surface area contributed by atoms with Crippen LogP contribution in [0.1, 0.15) is 36.2 Å². The van der Waals surface area contributed by atoms with Gasteiger partial charge in [-0.05, 0) is 50.2 Å². The number of hydrogen-bond donors (Lipinski definition) is 2. The van der Waals surface area contributed by atoms with E-state index in [9.17, 15) is 14.4 Å². The molecule has 0 saturated heterocycles. The van der Waals surface area contributed by atoms with Crippen LogP contribution in [0, 0.1) is 11.3 Å². The van der Waals surface area contributed by atoms with E-state index in [0.717, 1.165) is 0 Å². The molecule has 2 aromatic carbocycles. The molecule has 0 unspecified atom stereocenters. The van der Waals surface area contributed by atoms with Gasteiger partial charge in [0.15, 0.2) is 0 Å². The fourth-order valence-electron chi connectivity index (χ4n) is 2.42. The second-order valence-electron chi connectivity index (χ2n) is 6.55. The zero-order valence-electron chi connectivity index (χ0n) is 16.8. The average Bonchev–Trinajstić information content (AvgIpc) is 2.72. The summed E-state index contributed by atoms with van der Waals surface area (Å²) in [5.74, 6) is -0.822. The number of amides is 2. The van der Waals surface area contributed by atoms with E-state index in [-0.39, 0.29) is 25.7 Å². The fourth-order valence-corrected chi connectivity index (χ4v) is 2.42. The Hall–Kier alpha value is -3.86. The topological polar surface area (TPSA) is 118 Å². The summed E-state index contributed by atoms with van der Waals surface area (Å²) in [6.45, 7) is 3.35. The minimum absolute atomic E-state index is 0.0302. The quantitative estimate of drug-likeness (QED) is 0.615. The van der Waals surface area contributed by atoms with Crippen LogP contribution in [-0.4, -0.2) is 37.0 Å². The number of nitrogens with zero attached hydrogens (tertiary/aromatic N) is 1. The second-order valence-corrected chi connectivity index (χ2v) is 6.55. The molecule has 0 spiro atoms. The zero-order valence-corrected chi connectivity index (χ0v) is 16.8. The van der Waals surface area contributed by atoms with Crippen LogP contribution in [0.5, 0.6) is 5.75 Å². The SMILES string of the molecule is CC(C)Oc1ccc(C(=O)NCC(=O)OCCC(=O)Nc2ccccc2C#N)cc1. The first kappa shape index (κ1) is 22.4. The molecule has 0 aliphatic rings. The number of ether oxygens (including phenoxy) is 2. The molecule has 0 saturated carbocycles. The van der Waals surface area contributed by atoms with Crippen LogP contribution in [0.2, 0.25) is 0 Å². The molecule has 2 N–H and O–H groups in total. The number of anilines is 1. The zero-order chi connectivity index (χ0) is 21.9. The lowest BCUT2D eigenvalue weighted by molar-refractivity contribution is -0.142. The van der Waals surface area contributed by atoms with Crippen molar-refractivity contribution in [1.29, 1.82) is 5.26 Å². The molecule has 0 aliphatic heterocycles. The maximum Gasteiger partial charge on any atom is 0.325 e. The lowest BCUT2D eigenvalue weighted by Crippen LogP contribution is -2.31. The molecular formula is C22H23N3O5. The van der Waals surface area contributed by atoms with E-state index in [1.54, 1.807) is 48.5 Å². The number of benzene rings is 2. The van der Waals surface area contributed by atoms with Crippen LogP contribution in [0.15, 0.2) is 48.5 Å². The van der Waals surface area contributed by atoms with Crippen molar-refractivity contribution in [3.05, 3.63) is 59.7 Å². The van der Waals surface area contributed by atoms with E-state index >= 15 is 0 Å². The molecule has 8 heteroatoms. The van der Waals surface area contributed by atoms with Crippen molar-refractivity contribution < 1.29 is 23.9 Å². The highest BCUT2D eigenvalue weighted by atomic mass is 16.5. The predicted octanol–water partition coefficient (Wildman–Crippen LogP) is 2.65. The predicted molar refractivity (Wildman–Crippen MR) is 110 cm³/mol. The smallest absolute Gasteiger partial charge is 0.325 e. The van der Waals surface area contributed by atoms with Gasteiger partial charge in [0, 0.05) is 5.56 Å². The summed E-state index contributed by atoms with van der Waals surface area (Å²) in [6.07, 6.45) is -0.0425. The second kappa shape index (κ2) is 11.2. The minimum atomic E-state index is -0.659. The Kier molecular flexibility index (Phi) is 8.39. The maximum absolute atomic E-state index is 12.1. The summed E-state index contributed by atoms with van der Waals surface area (Å²) < 4.78 is 10.5. The van der Waals surface area contributed by atoms with Gasteiger partial charge in [-0.1, -0.05) is 12.1 Å². The fraction of sp³-hybridized carbons (Fsp3) is 0.273. The van der Waals surface area contributed by atoms with Crippen molar-refractivity contribution in [1.82, 2.24) is 5.32 Å². The van der Waals surface area contributed by atoms with Gasteiger partial charge in [-0.25, -0.2) is 0 Å². The number of esters is 1. The van der Waals surface area contributed by atoms with Crippen molar-refractivity contribution in [3.8, 4) is 11.8 Å². The summed E-state index contributed by atoms with van der Waals surface area (Å²) >= 11 is 0. The first-order valence-corrected chi connectivity index (χ1v) is 9.38. The Labute approximate surface area is 174 Å². The summed E-state index contributed by atoms with van der Waals surface area (Å²) in [6, 6.07) is 15.1. The van der Waals surface area contributed by atoms with Crippen LogP contribution in [0.25, 0.3) is 0 Å². The molecule has 2 amide bonds. The van der Waals surface area contributed by atoms with Crippen LogP contribution >= 0.6 is 0 Å². The van der Waals surface area contributed by atoms with Gasteiger partial charge in [-0.3, -0.25) is 14.4 Å². The van der Waals surface area contributed by atoms with E-state index < -0.39 is 17.8 Å². The Morgan fingerprint density at radius 2 is 1.77 bits per heavy atom. The highest BCUT2D eigenvalue weighted by molar-refractivity contribution is 5.96. The third-order valence-corrected chi connectivity index (χ3v) is 3.80. The molecule has 0 bridgehead atoms. The number of hydrogen-bond acceptors (Lipinski definition) is 6.